The minimum absolute atomic E-state index is 0.501. The number of ether oxygens (including phenoxy) is 1. The van der Waals surface area contributed by atoms with Crippen LogP contribution in [-0.2, 0) is 13.8 Å². The lowest BCUT2D eigenvalue weighted by Crippen LogP contribution is -2.50. The molecule has 1 aliphatic heterocycles. The van der Waals surface area contributed by atoms with Crippen LogP contribution in [0.25, 0.3) is 0 Å². The highest BCUT2D eigenvalue weighted by Crippen LogP contribution is 2.43. The van der Waals surface area contributed by atoms with Crippen LogP contribution in [0.2, 0.25) is 0 Å². The molecule has 1 aliphatic rings. The highest BCUT2D eigenvalue weighted by atomic mass is 31.2. The van der Waals surface area contributed by atoms with Gasteiger partial charge >= 0.3 is 7.82 Å². The first-order valence-corrected chi connectivity index (χ1v) is 6.30. The fourth-order valence-electron chi connectivity index (χ4n) is 1.75. The van der Waals surface area contributed by atoms with Crippen molar-refractivity contribution in [1.82, 2.24) is 0 Å². The van der Waals surface area contributed by atoms with Crippen molar-refractivity contribution in [3.63, 3.8) is 0 Å². The highest BCUT2D eigenvalue weighted by molar-refractivity contribution is 7.46. The number of aliphatic hydroxyl groups excluding tert-OH is 1. The number of hydrogen-bond acceptors (Lipinski definition) is 5. The van der Waals surface area contributed by atoms with Crippen molar-refractivity contribution in [1.29, 1.82) is 0 Å². The SMILES string of the molecule is C[C@H]1O[C@](C)(COP(=O)(O)O)[C@@H](O)[C@@]1(C)O. The number of aliphatic hydroxyl groups is 2. The summed E-state index contributed by atoms with van der Waals surface area (Å²) in [4.78, 5) is 17.1. The van der Waals surface area contributed by atoms with Gasteiger partial charge in [0, 0.05) is 0 Å². The largest absolute Gasteiger partial charge is 0.469 e. The van der Waals surface area contributed by atoms with E-state index in [1.165, 1.54) is 13.8 Å². The number of rotatable bonds is 3. The monoisotopic (exact) mass is 256 g/mol. The molecule has 0 spiro atoms. The van der Waals surface area contributed by atoms with Gasteiger partial charge in [0.05, 0.1) is 12.7 Å². The van der Waals surface area contributed by atoms with Crippen molar-refractivity contribution in [2.45, 2.75) is 44.2 Å². The zero-order chi connectivity index (χ0) is 12.8. The summed E-state index contributed by atoms with van der Waals surface area (Å²) in [5.41, 5.74) is -2.82. The van der Waals surface area contributed by atoms with E-state index < -0.39 is 37.8 Å². The summed E-state index contributed by atoms with van der Waals surface area (Å²) in [5, 5.41) is 19.7. The Morgan fingerprint density at radius 3 is 2.25 bits per heavy atom. The third kappa shape index (κ3) is 2.62. The van der Waals surface area contributed by atoms with Crippen molar-refractivity contribution < 1.29 is 33.8 Å². The summed E-state index contributed by atoms with van der Waals surface area (Å²) in [6.45, 7) is 3.88. The van der Waals surface area contributed by atoms with Gasteiger partial charge in [-0.15, -0.1) is 0 Å². The van der Waals surface area contributed by atoms with E-state index in [2.05, 4.69) is 4.52 Å². The van der Waals surface area contributed by atoms with Gasteiger partial charge in [-0.25, -0.2) is 4.57 Å². The van der Waals surface area contributed by atoms with Crippen LogP contribution in [-0.4, -0.2) is 50.0 Å². The lowest BCUT2D eigenvalue weighted by Gasteiger charge is -2.29. The summed E-state index contributed by atoms with van der Waals surface area (Å²) < 4.78 is 20.2. The Morgan fingerprint density at radius 1 is 1.44 bits per heavy atom. The fourth-order valence-corrected chi connectivity index (χ4v) is 2.18. The van der Waals surface area contributed by atoms with Crippen molar-refractivity contribution in [2.24, 2.45) is 0 Å². The van der Waals surface area contributed by atoms with Crippen LogP contribution in [0.4, 0.5) is 0 Å². The average molecular weight is 256 g/mol. The van der Waals surface area contributed by atoms with Crippen LogP contribution in [0.1, 0.15) is 20.8 Å². The maximum Gasteiger partial charge on any atom is 0.469 e. The standard InChI is InChI=1S/C8H17O7P/c1-5-8(3,10)6(9)7(2,15-5)4-14-16(11,12)13/h5-6,9-10H,4H2,1-3H3,(H2,11,12,13)/t5-,6-,7-,8+/m1/s1. The van der Waals surface area contributed by atoms with Gasteiger partial charge in [-0.2, -0.15) is 0 Å². The maximum absolute atomic E-state index is 10.6. The molecule has 0 amide bonds. The Hall–Kier alpha value is -0.0100. The molecule has 4 N–H and O–H groups in total. The van der Waals surface area contributed by atoms with Crippen LogP contribution in [0.15, 0.2) is 0 Å². The molecule has 96 valence electrons. The van der Waals surface area contributed by atoms with Crippen molar-refractivity contribution in [3.05, 3.63) is 0 Å². The zero-order valence-corrected chi connectivity index (χ0v) is 10.2. The molecule has 0 aliphatic carbocycles. The molecule has 16 heavy (non-hydrogen) atoms. The van der Waals surface area contributed by atoms with Crippen LogP contribution in [0.5, 0.6) is 0 Å². The van der Waals surface area contributed by atoms with Crippen LogP contribution >= 0.6 is 7.82 Å². The van der Waals surface area contributed by atoms with E-state index in [1.807, 2.05) is 0 Å². The smallest absolute Gasteiger partial charge is 0.387 e. The molecule has 1 fully saturated rings. The van der Waals surface area contributed by atoms with E-state index in [-0.39, 0.29) is 0 Å². The molecule has 4 atom stereocenters. The van der Waals surface area contributed by atoms with Crippen LogP contribution in [0, 0.1) is 0 Å². The molecule has 0 radical (unpaired) electrons. The van der Waals surface area contributed by atoms with E-state index in [0.717, 1.165) is 0 Å². The van der Waals surface area contributed by atoms with Crippen LogP contribution < -0.4 is 0 Å². The quantitative estimate of drug-likeness (QED) is 0.497. The van der Waals surface area contributed by atoms with Gasteiger partial charge in [0.1, 0.15) is 17.3 Å². The minimum atomic E-state index is -4.62. The van der Waals surface area contributed by atoms with E-state index in [0.29, 0.717) is 0 Å². The Bertz CT molecular complexity index is 312. The topological polar surface area (TPSA) is 116 Å². The third-order valence-corrected chi connectivity index (χ3v) is 3.39. The van der Waals surface area contributed by atoms with E-state index >= 15 is 0 Å². The molecule has 7 nitrogen and oxygen atoms in total. The summed E-state index contributed by atoms with van der Waals surface area (Å²) in [5.74, 6) is 0. The van der Waals surface area contributed by atoms with E-state index in [4.69, 9.17) is 14.5 Å². The Balaban J connectivity index is 2.77. The van der Waals surface area contributed by atoms with Crippen molar-refractivity contribution in [3.8, 4) is 0 Å². The first-order valence-electron chi connectivity index (χ1n) is 4.77. The maximum atomic E-state index is 10.6. The van der Waals surface area contributed by atoms with E-state index in [1.54, 1.807) is 6.92 Å². The highest BCUT2D eigenvalue weighted by Gasteiger charge is 2.57. The van der Waals surface area contributed by atoms with Gasteiger partial charge in [0.15, 0.2) is 0 Å². The second-order valence-corrected chi connectivity index (χ2v) is 5.70. The lowest BCUT2D eigenvalue weighted by atomic mass is 9.88. The first kappa shape index (κ1) is 14.1. The molecule has 0 aromatic rings. The number of phosphoric ester groups is 1. The summed E-state index contributed by atoms with van der Waals surface area (Å²) in [6, 6.07) is 0. The second-order valence-electron chi connectivity index (χ2n) is 4.47. The van der Waals surface area contributed by atoms with Crippen molar-refractivity contribution in [2.75, 3.05) is 6.61 Å². The van der Waals surface area contributed by atoms with Crippen LogP contribution in [0.3, 0.4) is 0 Å². The van der Waals surface area contributed by atoms with E-state index in [9.17, 15) is 14.8 Å². The lowest BCUT2D eigenvalue weighted by molar-refractivity contribution is -0.0951. The number of hydrogen-bond donors (Lipinski definition) is 4. The van der Waals surface area contributed by atoms with Gasteiger partial charge in [-0.3, -0.25) is 4.52 Å². The van der Waals surface area contributed by atoms with Gasteiger partial charge in [-0.05, 0) is 20.8 Å². The molecular formula is C8H17O7P. The Kier molecular flexibility index (Phi) is 3.54. The van der Waals surface area contributed by atoms with Gasteiger partial charge < -0.3 is 24.7 Å². The molecule has 0 aromatic heterocycles. The van der Waals surface area contributed by atoms with Gasteiger partial charge in [0.25, 0.3) is 0 Å². The molecule has 1 saturated heterocycles. The molecule has 0 unspecified atom stereocenters. The second kappa shape index (κ2) is 4.03. The predicted molar refractivity (Wildman–Crippen MR) is 53.6 cm³/mol. The summed E-state index contributed by atoms with van der Waals surface area (Å²) >= 11 is 0. The average Bonchev–Trinajstić information content (AvgIpc) is 2.25. The first-order chi connectivity index (χ1) is 6.99. The molecule has 1 heterocycles. The molecular weight excluding hydrogens is 239 g/mol. The normalized spacial score (nSPS) is 44.9. The molecule has 1 rings (SSSR count). The molecule has 0 aromatic carbocycles. The summed E-state index contributed by atoms with van der Waals surface area (Å²) in [7, 11) is -4.62. The number of phosphoric acid groups is 1. The molecule has 0 bridgehead atoms. The third-order valence-electron chi connectivity index (χ3n) is 2.92. The predicted octanol–water partition coefficient (Wildman–Crippen LogP) is -0.615. The summed E-state index contributed by atoms with van der Waals surface area (Å²) in [6.07, 6.45) is -1.95. The zero-order valence-electron chi connectivity index (χ0n) is 9.32. The Labute approximate surface area is 93.2 Å². The minimum Gasteiger partial charge on any atom is -0.387 e. The Morgan fingerprint density at radius 2 is 1.94 bits per heavy atom. The van der Waals surface area contributed by atoms with Gasteiger partial charge in [-0.1, -0.05) is 0 Å². The van der Waals surface area contributed by atoms with Gasteiger partial charge in [0.2, 0.25) is 0 Å². The van der Waals surface area contributed by atoms with Crippen molar-refractivity contribution >= 4 is 7.82 Å². The fraction of sp³-hybridized carbons (Fsp3) is 1.00. The molecule has 8 heteroatoms. The molecule has 0 saturated carbocycles.